The molecule has 1 amide bonds. The number of halogens is 1. The van der Waals surface area contributed by atoms with Gasteiger partial charge in [0.05, 0.1) is 5.54 Å². The maximum Gasteiger partial charge on any atom is 0.240 e. The van der Waals surface area contributed by atoms with Crippen LogP contribution in [0.25, 0.3) is 10.8 Å². The van der Waals surface area contributed by atoms with Crippen LogP contribution < -0.4 is 11.1 Å². The van der Waals surface area contributed by atoms with Gasteiger partial charge in [0, 0.05) is 6.54 Å². The second kappa shape index (κ2) is 7.12. The van der Waals surface area contributed by atoms with Crippen molar-refractivity contribution in [2.45, 2.75) is 44.2 Å². The number of nitrogens with one attached hydrogen (secondary N) is 1. The first-order valence-corrected chi connectivity index (χ1v) is 7.73. The van der Waals surface area contributed by atoms with Crippen molar-refractivity contribution in [3.63, 3.8) is 0 Å². The maximum absolute atomic E-state index is 12.4. The van der Waals surface area contributed by atoms with Crippen molar-refractivity contribution >= 4 is 29.1 Å². The molecule has 0 unspecified atom stereocenters. The molecule has 0 atom stereocenters. The minimum atomic E-state index is -0.664. The summed E-state index contributed by atoms with van der Waals surface area (Å²) in [5.74, 6) is -0.00451. The molecule has 1 fully saturated rings. The van der Waals surface area contributed by atoms with Gasteiger partial charge in [0.25, 0.3) is 0 Å². The van der Waals surface area contributed by atoms with Gasteiger partial charge in [-0.05, 0) is 29.2 Å². The molecule has 22 heavy (non-hydrogen) atoms. The Balaban J connectivity index is 0.00000176. The smallest absolute Gasteiger partial charge is 0.240 e. The van der Waals surface area contributed by atoms with E-state index in [1.807, 2.05) is 18.2 Å². The predicted molar refractivity (Wildman–Crippen MR) is 93.0 cm³/mol. The van der Waals surface area contributed by atoms with E-state index in [9.17, 15) is 4.79 Å². The first kappa shape index (κ1) is 16.8. The quantitative estimate of drug-likeness (QED) is 0.909. The largest absolute Gasteiger partial charge is 0.350 e. The molecule has 4 heteroatoms. The van der Waals surface area contributed by atoms with Crippen LogP contribution in [-0.4, -0.2) is 11.4 Å². The average molecular weight is 319 g/mol. The highest BCUT2D eigenvalue weighted by Crippen LogP contribution is 2.26. The average Bonchev–Trinajstić information content (AvgIpc) is 2.53. The summed E-state index contributed by atoms with van der Waals surface area (Å²) in [6.07, 6.45) is 4.90. The lowest BCUT2D eigenvalue weighted by Gasteiger charge is -2.31. The highest BCUT2D eigenvalue weighted by atomic mass is 35.5. The fourth-order valence-electron chi connectivity index (χ4n) is 3.21. The van der Waals surface area contributed by atoms with Gasteiger partial charge >= 0.3 is 0 Å². The summed E-state index contributed by atoms with van der Waals surface area (Å²) in [5.41, 5.74) is 6.74. The Labute approximate surface area is 137 Å². The number of hydrogen-bond donors (Lipinski definition) is 2. The number of carbonyl (C=O) groups is 1. The van der Waals surface area contributed by atoms with E-state index in [0.29, 0.717) is 6.54 Å². The van der Waals surface area contributed by atoms with E-state index in [4.69, 9.17) is 5.73 Å². The fraction of sp³-hybridized carbons (Fsp3) is 0.389. The Morgan fingerprint density at radius 2 is 1.73 bits per heavy atom. The van der Waals surface area contributed by atoms with Crippen molar-refractivity contribution in [3.05, 3.63) is 48.0 Å². The van der Waals surface area contributed by atoms with E-state index in [0.717, 1.165) is 31.2 Å². The Hall–Kier alpha value is -1.58. The minimum Gasteiger partial charge on any atom is -0.350 e. The monoisotopic (exact) mass is 318 g/mol. The summed E-state index contributed by atoms with van der Waals surface area (Å²) >= 11 is 0. The SMILES string of the molecule is Cl.NC1(C(=O)NCc2cccc3ccccc23)CCCCC1. The molecule has 0 spiro atoms. The second-order valence-corrected chi connectivity index (χ2v) is 6.04. The molecule has 0 bridgehead atoms. The van der Waals surface area contributed by atoms with Crippen LogP contribution in [0.5, 0.6) is 0 Å². The molecule has 3 N–H and O–H groups in total. The molecule has 3 rings (SSSR count). The van der Waals surface area contributed by atoms with E-state index in [1.165, 1.54) is 17.2 Å². The van der Waals surface area contributed by atoms with Gasteiger partial charge in [-0.15, -0.1) is 12.4 Å². The number of amides is 1. The van der Waals surface area contributed by atoms with E-state index >= 15 is 0 Å². The van der Waals surface area contributed by atoms with Gasteiger partial charge in [-0.2, -0.15) is 0 Å². The molecule has 0 radical (unpaired) electrons. The maximum atomic E-state index is 12.4. The van der Waals surface area contributed by atoms with Gasteiger partial charge in [-0.25, -0.2) is 0 Å². The number of nitrogens with two attached hydrogens (primary N) is 1. The molecule has 2 aromatic carbocycles. The van der Waals surface area contributed by atoms with Crippen molar-refractivity contribution in [2.75, 3.05) is 0 Å². The van der Waals surface area contributed by atoms with Crippen molar-refractivity contribution in [3.8, 4) is 0 Å². The lowest BCUT2D eigenvalue weighted by Crippen LogP contribution is -2.54. The van der Waals surface area contributed by atoms with Crippen LogP contribution in [0.4, 0.5) is 0 Å². The van der Waals surface area contributed by atoms with Crippen LogP contribution in [0, 0.1) is 0 Å². The third kappa shape index (κ3) is 3.42. The van der Waals surface area contributed by atoms with E-state index in [1.54, 1.807) is 0 Å². The van der Waals surface area contributed by atoms with E-state index < -0.39 is 5.54 Å². The molecule has 1 aliphatic carbocycles. The van der Waals surface area contributed by atoms with Crippen molar-refractivity contribution in [1.29, 1.82) is 0 Å². The lowest BCUT2D eigenvalue weighted by atomic mass is 9.82. The third-order valence-corrected chi connectivity index (χ3v) is 4.52. The lowest BCUT2D eigenvalue weighted by molar-refractivity contribution is -0.127. The Bertz CT molecular complexity index is 645. The summed E-state index contributed by atoms with van der Waals surface area (Å²) in [6.45, 7) is 0.541. The van der Waals surface area contributed by atoms with Crippen molar-refractivity contribution in [1.82, 2.24) is 5.32 Å². The molecule has 1 saturated carbocycles. The Morgan fingerprint density at radius 3 is 2.50 bits per heavy atom. The molecule has 2 aromatic rings. The van der Waals surface area contributed by atoms with Crippen LogP contribution in [0.15, 0.2) is 42.5 Å². The zero-order chi connectivity index (χ0) is 14.7. The molecule has 0 saturated heterocycles. The number of carbonyl (C=O) groups excluding carboxylic acids is 1. The first-order chi connectivity index (χ1) is 10.2. The molecular formula is C18H23ClN2O. The number of benzene rings is 2. The van der Waals surface area contributed by atoms with Gasteiger partial charge in [-0.1, -0.05) is 61.7 Å². The summed E-state index contributed by atoms with van der Waals surface area (Å²) < 4.78 is 0. The molecule has 0 aliphatic heterocycles. The van der Waals surface area contributed by atoms with Crippen LogP contribution in [-0.2, 0) is 11.3 Å². The number of rotatable bonds is 3. The molecule has 3 nitrogen and oxygen atoms in total. The summed E-state index contributed by atoms with van der Waals surface area (Å²) in [7, 11) is 0. The standard InChI is InChI=1S/C18H22N2O.ClH/c19-18(11-4-1-5-12-18)17(21)20-13-15-9-6-8-14-7-2-3-10-16(14)15;/h2-3,6-10H,1,4-5,11-13,19H2,(H,20,21);1H. The van der Waals surface area contributed by atoms with Gasteiger partial charge < -0.3 is 11.1 Å². The Kier molecular flexibility index (Phi) is 5.43. The highest BCUT2D eigenvalue weighted by molar-refractivity contribution is 5.88. The summed E-state index contributed by atoms with van der Waals surface area (Å²) in [6, 6.07) is 14.4. The predicted octanol–water partition coefficient (Wildman–Crippen LogP) is 3.54. The van der Waals surface area contributed by atoms with Gasteiger partial charge in [0.1, 0.15) is 0 Å². The van der Waals surface area contributed by atoms with Crippen LogP contribution in [0.1, 0.15) is 37.7 Å². The van der Waals surface area contributed by atoms with Gasteiger partial charge in [-0.3, -0.25) is 4.79 Å². The topological polar surface area (TPSA) is 55.1 Å². The Morgan fingerprint density at radius 1 is 1.05 bits per heavy atom. The van der Waals surface area contributed by atoms with Gasteiger partial charge in [0.15, 0.2) is 0 Å². The van der Waals surface area contributed by atoms with Gasteiger partial charge in [0.2, 0.25) is 5.91 Å². The normalized spacial score (nSPS) is 16.8. The van der Waals surface area contributed by atoms with E-state index in [-0.39, 0.29) is 18.3 Å². The first-order valence-electron chi connectivity index (χ1n) is 7.73. The van der Waals surface area contributed by atoms with Crippen LogP contribution in [0.3, 0.4) is 0 Å². The van der Waals surface area contributed by atoms with E-state index in [2.05, 4.69) is 29.6 Å². The third-order valence-electron chi connectivity index (χ3n) is 4.52. The summed E-state index contributed by atoms with van der Waals surface area (Å²) in [4.78, 5) is 12.4. The highest BCUT2D eigenvalue weighted by Gasteiger charge is 2.34. The zero-order valence-corrected chi connectivity index (χ0v) is 13.5. The minimum absolute atomic E-state index is 0. The number of hydrogen-bond acceptors (Lipinski definition) is 2. The van der Waals surface area contributed by atoms with Crippen LogP contribution in [0.2, 0.25) is 0 Å². The molecule has 0 aromatic heterocycles. The molecule has 1 aliphatic rings. The van der Waals surface area contributed by atoms with Crippen LogP contribution >= 0.6 is 12.4 Å². The number of fused-ring (bicyclic) bond motifs is 1. The molecule has 0 heterocycles. The second-order valence-electron chi connectivity index (χ2n) is 6.04. The van der Waals surface area contributed by atoms with Crippen molar-refractivity contribution < 1.29 is 4.79 Å². The molecular weight excluding hydrogens is 296 g/mol. The van der Waals surface area contributed by atoms with Crippen molar-refractivity contribution in [2.24, 2.45) is 5.73 Å². The summed E-state index contributed by atoms with van der Waals surface area (Å²) in [5, 5.41) is 5.43. The zero-order valence-electron chi connectivity index (χ0n) is 12.7. The molecule has 118 valence electrons. The fourth-order valence-corrected chi connectivity index (χ4v) is 3.21.